The van der Waals surface area contributed by atoms with E-state index in [2.05, 4.69) is 34.6 Å². The first kappa shape index (κ1) is 29.0. The molecule has 0 rings (SSSR count). The van der Waals surface area contributed by atoms with E-state index in [1.807, 2.05) is 0 Å². The summed E-state index contributed by atoms with van der Waals surface area (Å²) in [5, 5.41) is 0. The van der Waals surface area contributed by atoms with Crippen molar-refractivity contribution < 1.29 is 19.7 Å². The standard InChI is InChI=1S/C23H48O3.H2O/c1-6-9-12-14-18-23(24-19-15-11-8-3,26-21-17-22(4)5)25-20-16-13-10-7-2;/h22H,6-21H2,1-5H3;1H2. The molecule has 4 nitrogen and oxygen atoms in total. The van der Waals surface area contributed by atoms with Crippen LogP contribution in [0.2, 0.25) is 0 Å². The molecule has 0 aliphatic heterocycles. The fourth-order valence-electron chi connectivity index (χ4n) is 2.90. The highest BCUT2D eigenvalue weighted by Crippen LogP contribution is 2.26. The summed E-state index contributed by atoms with van der Waals surface area (Å²) in [5.41, 5.74) is 0. The number of rotatable bonds is 20. The zero-order chi connectivity index (χ0) is 19.5. The molecule has 166 valence electrons. The zero-order valence-corrected chi connectivity index (χ0v) is 19.1. The van der Waals surface area contributed by atoms with Crippen molar-refractivity contribution in [2.75, 3.05) is 19.8 Å². The molecule has 4 heteroatoms. The quantitative estimate of drug-likeness (QED) is 0.173. The van der Waals surface area contributed by atoms with E-state index in [0.29, 0.717) is 12.5 Å². The van der Waals surface area contributed by atoms with E-state index in [1.54, 1.807) is 0 Å². The molecule has 0 spiro atoms. The second kappa shape index (κ2) is 20.6. The van der Waals surface area contributed by atoms with Gasteiger partial charge in [-0.15, -0.1) is 0 Å². The molecule has 0 bridgehead atoms. The van der Waals surface area contributed by atoms with Crippen LogP contribution in [0, 0.1) is 5.92 Å². The summed E-state index contributed by atoms with van der Waals surface area (Å²) < 4.78 is 18.8. The Kier molecular flexibility index (Phi) is 22.1. The van der Waals surface area contributed by atoms with Crippen LogP contribution in [0.15, 0.2) is 0 Å². The Labute approximate surface area is 170 Å². The third-order valence-corrected chi connectivity index (χ3v) is 4.74. The highest BCUT2D eigenvalue weighted by atomic mass is 16.9. The van der Waals surface area contributed by atoms with Gasteiger partial charge in [-0.3, -0.25) is 0 Å². The van der Waals surface area contributed by atoms with Crippen molar-refractivity contribution in [2.45, 2.75) is 124 Å². The van der Waals surface area contributed by atoms with E-state index in [0.717, 1.165) is 45.3 Å². The molecule has 0 heterocycles. The number of hydrogen-bond donors (Lipinski definition) is 0. The van der Waals surface area contributed by atoms with Crippen molar-refractivity contribution in [1.29, 1.82) is 0 Å². The highest BCUT2D eigenvalue weighted by Gasteiger charge is 2.33. The normalized spacial score (nSPS) is 13.6. The maximum atomic E-state index is 6.27. The van der Waals surface area contributed by atoms with Crippen LogP contribution in [0.3, 0.4) is 0 Å². The number of ether oxygens (including phenoxy) is 3. The van der Waals surface area contributed by atoms with Crippen molar-refractivity contribution in [3.63, 3.8) is 0 Å². The molecule has 0 aliphatic carbocycles. The predicted octanol–water partition coefficient (Wildman–Crippen LogP) is 6.65. The van der Waals surface area contributed by atoms with Crippen LogP contribution in [0.25, 0.3) is 0 Å². The summed E-state index contributed by atoms with van der Waals surface area (Å²) in [5.74, 6) is -0.180. The highest BCUT2D eigenvalue weighted by molar-refractivity contribution is 4.61. The Hall–Kier alpha value is -0.160. The molecule has 0 aliphatic rings. The minimum absolute atomic E-state index is 0. The molecule has 0 amide bonds. The second-order valence-corrected chi connectivity index (χ2v) is 7.99. The molecule has 0 radical (unpaired) electrons. The molecule has 0 aromatic carbocycles. The largest absolute Gasteiger partial charge is 0.412 e. The van der Waals surface area contributed by atoms with Crippen molar-refractivity contribution in [2.24, 2.45) is 5.92 Å². The molecular weight excluding hydrogens is 340 g/mol. The molecule has 0 saturated heterocycles. The van der Waals surface area contributed by atoms with E-state index in [4.69, 9.17) is 14.2 Å². The summed E-state index contributed by atoms with van der Waals surface area (Å²) in [6.45, 7) is 13.4. The molecule has 0 saturated carbocycles. The van der Waals surface area contributed by atoms with Gasteiger partial charge in [0.2, 0.25) is 0 Å². The molecule has 2 N–H and O–H groups in total. The number of unbranched alkanes of at least 4 members (excludes halogenated alkanes) is 8. The lowest BCUT2D eigenvalue weighted by Crippen LogP contribution is -2.40. The van der Waals surface area contributed by atoms with Crippen LogP contribution in [0.1, 0.15) is 118 Å². The van der Waals surface area contributed by atoms with E-state index in [-0.39, 0.29) is 5.48 Å². The first-order valence-corrected chi connectivity index (χ1v) is 11.5. The molecule has 1 atom stereocenters. The van der Waals surface area contributed by atoms with Gasteiger partial charge in [0.05, 0.1) is 19.8 Å². The molecule has 1 unspecified atom stereocenters. The van der Waals surface area contributed by atoms with E-state index in [9.17, 15) is 0 Å². The molecule has 27 heavy (non-hydrogen) atoms. The van der Waals surface area contributed by atoms with Crippen molar-refractivity contribution in [3.8, 4) is 0 Å². The number of hydrogen-bond acceptors (Lipinski definition) is 3. The second-order valence-electron chi connectivity index (χ2n) is 7.99. The van der Waals surface area contributed by atoms with Crippen molar-refractivity contribution in [3.05, 3.63) is 0 Å². The summed E-state index contributed by atoms with van der Waals surface area (Å²) in [6, 6.07) is 0. The summed E-state index contributed by atoms with van der Waals surface area (Å²) in [6.07, 6.45) is 15.1. The Morgan fingerprint density at radius 1 is 0.593 bits per heavy atom. The summed E-state index contributed by atoms with van der Waals surface area (Å²) in [4.78, 5) is 0. The van der Waals surface area contributed by atoms with E-state index in [1.165, 1.54) is 51.4 Å². The fourth-order valence-corrected chi connectivity index (χ4v) is 2.90. The molecular formula is C23H50O4. The Bertz CT molecular complexity index is 270. The Morgan fingerprint density at radius 2 is 1.04 bits per heavy atom. The van der Waals surface area contributed by atoms with Crippen LogP contribution < -0.4 is 0 Å². The van der Waals surface area contributed by atoms with Gasteiger partial charge in [0.25, 0.3) is 5.97 Å². The monoisotopic (exact) mass is 390 g/mol. The Balaban J connectivity index is 0. The third-order valence-electron chi connectivity index (χ3n) is 4.74. The topological polar surface area (TPSA) is 59.2 Å². The first-order valence-electron chi connectivity index (χ1n) is 11.5. The van der Waals surface area contributed by atoms with Crippen LogP contribution in [0.4, 0.5) is 0 Å². The lowest BCUT2D eigenvalue weighted by atomic mass is 10.1. The Morgan fingerprint density at radius 3 is 1.56 bits per heavy atom. The van der Waals surface area contributed by atoms with E-state index >= 15 is 0 Å². The average molecular weight is 391 g/mol. The summed E-state index contributed by atoms with van der Waals surface area (Å²) in [7, 11) is 0. The van der Waals surface area contributed by atoms with Crippen LogP contribution >= 0.6 is 0 Å². The molecule has 0 aromatic rings. The first-order chi connectivity index (χ1) is 12.6. The lowest BCUT2D eigenvalue weighted by molar-refractivity contribution is -0.384. The van der Waals surface area contributed by atoms with Gasteiger partial charge >= 0.3 is 0 Å². The predicted molar refractivity (Wildman–Crippen MR) is 116 cm³/mol. The fraction of sp³-hybridized carbons (Fsp3) is 1.00. The van der Waals surface area contributed by atoms with Gasteiger partial charge in [-0.2, -0.15) is 0 Å². The van der Waals surface area contributed by atoms with Crippen LogP contribution in [-0.4, -0.2) is 31.3 Å². The van der Waals surface area contributed by atoms with Gasteiger partial charge in [-0.1, -0.05) is 86.0 Å². The maximum Gasteiger partial charge on any atom is 0.282 e. The van der Waals surface area contributed by atoms with E-state index < -0.39 is 5.97 Å². The van der Waals surface area contributed by atoms with Crippen molar-refractivity contribution in [1.82, 2.24) is 0 Å². The minimum atomic E-state index is -0.817. The molecule has 0 aromatic heterocycles. The van der Waals surface area contributed by atoms with Gasteiger partial charge in [0.15, 0.2) is 0 Å². The van der Waals surface area contributed by atoms with Gasteiger partial charge in [0, 0.05) is 6.42 Å². The zero-order valence-electron chi connectivity index (χ0n) is 19.1. The smallest absolute Gasteiger partial charge is 0.282 e. The SMILES string of the molecule is CCCCCCOC(CCCCCC)(OCCCCC)OCCC(C)C.O. The van der Waals surface area contributed by atoms with Gasteiger partial charge in [-0.25, -0.2) is 0 Å². The van der Waals surface area contributed by atoms with Crippen molar-refractivity contribution >= 4 is 0 Å². The third kappa shape index (κ3) is 17.7. The van der Waals surface area contributed by atoms with Gasteiger partial charge in [0.1, 0.15) is 0 Å². The molecule has 0 fully saturated rings. The minimum Gasteiger partial charge on any atom is -0.412 e. The van der Waals surface area contributed by atoms with Gasteiger partial charge in [-0.05, 0) is 31.6 Å². The lowest BCUT2D eigenvalue weighted by Gasteiger charge is -2.34. The van der Waals surface area contributed by atoms with Crippen LogP contribution in [0.5, 0.6) is 0 Å². The maximum absolute atomic E-state index is 6.27. The van der Waals surface area contributed by atoms with Gasteiger partial charge < -0.3 is 19.7 Å². The average Bonchev–Trinajstić information content (AvgIpc) is 2.62. The summed E-state index contributed by atoms with van der Waals surface area (Å²) >= 11 is 0. The van der Waals surface area contributed by atoms with Crippen LogP contribution in [-0.2, 0) is 14.2 Å².